The molecule has 0 aromatic heterocycles. The van der Waals surface area contributed by atoms with Crippen LogP contribution in [0, 0.1) is 6.92 Å². The van der Waals surface area contributed by atoms with E-state index < -0.39 is 56.9 Å². The zero-order valence-electron chi connectivity index (χ0n) is 24.2. The topological polar surface area (TPSA) is 86.8 Å². The van der Waals surface area contributed by atoms with Gasteiger partial charge in [0.05, 0.1) is 21.2 Å². The number of hydrogen-bond donors (Lipinski definition) is 1. The molecule has 232 valence electrons. The van der Waals surface area contributed by atoms with Crippen LogP contribution in [0.25, 0.3) is 0 Å². The average Bonchev–Trinajstić information content (AvgIpc) is 2.97. The standard InChI is InChI=1S/C31H35ClF3N3O4S/c1-4-6-18-36-30(40)28(5-2)37(20-23-13-11-10-12-22(23)3)29(39)21-38(43(41,42)25-14-8-7-9-15-25)24-16-17-27(32)26(19-24)31(33,34)35/h7-17,19,28H,4-6,18,20-21H2,1-3H3,(H,36,40)/t28-/m1/s1. The number of halogens is 4. The number of benzene rings is 3. The molecule has 0 aliphatic heterocycles. The summed E-state index contributed by atoms with van der Waals surface area (Å²) in [5.74, 6) is -1.16. The molecular formula is C31H35ClF3N3O4S. The first kappa shape index (κ1) is 33.9. The van der Waals surface area contributed by atoms with Crippen LogP contribution in [0.1, 0.15) is 49.8 Å². The summed E-state index contributed by atoms with van der Waals surface area (Å²) in [7, 11) is -4.53. The van der Waals surface area contributed by atoms with Crippen molar-refractivity contribution in [2.75, 3.05) is 17.4 Å². The number of alkyl halides is 3. The maximum Gasteiger partial charge on any atom is 0.417 e. The van der Waals surface area contributed by atoms with Gasteiger partial charge in [-0.05, 0) is 61.2 Å². The van der Waals surface area contributed by atoms with Crippen LogP contribution >= 0.6 is 11.6 Å². The second-order valence-electron chi connectivity index (χ2n) is 10.0. The van der Waals surface area contributed by atoms with Gasteiger partial charge in [0.1, 0.15) is 12.6 Å². The van der Waals surface area contributed by atoms with Crippen LogP contribution in [0.15, 0.2) is 77.7 Å². The molecule has 0 spiro atoms. The first-order valence-corrected chi connectivity index (χ1v) is 15.7. The van der Waals surface area contributed by atoms with Gasteiger partial charge in [-0.15, -0.1) is 0 Å². The Labute approximate surface area is 255 Å². The van der Waals surface area contributed by atoms with Crippen molar-refractivity contribution < 1.29 is 31.2 Å². The molecule has 0 unspecified atom stereocenters. The van der Waals surface area contributed by atoms with Crippen LogP contribution in [-0.2, 0) is 32.3 Å². The van der Waals surface area contributed by atoms with E-state index >= 15 is 0 Å². The minimum Gasteiger partial charge on any atom is -0.354 e. The van der Waals surface area contributed by atoms with Crippen LogP contribution < -0.4 is 9.62 Å². The summed E-state index contributed by atoms with van der Waals surface area (Å²) in [6, 6.07) is 16.1. The van der Waals surface area contributed by atoms with Crippen molar-refractivity contribution in [1.82, 2.24) is 10.2 Å². The lowest BCUT2D eigenvalue weighted by molar-refractivity contribution is -0.140. The molecule has 0 saturated carbocycles. The van der Waals surface area contributed by atoms with E-state index in [-0.39, 0.29) is 17.9 Å². The van der Waals surface area contributed by atoms with Crippen molar-refractivity contribution in [2.24, 2.45) is 0 Å². The minimum atomic E-state index is -4.87. The number of hydrogen-bond acceptors (Lipinski definition) is 4. The van der Waals surface area contributed by atoms with Gasteiger partial charge in [-0.1, -0.05) is 74.3 Å². The van der Waals surface area contributed by atoms with Crippen LogP contribution in [0.3, 0.4) is 0 Å². The van der Waals surface area contributed by atoms with Gasteiger partial charge in [-0.3, -0.25) is 13.9 Å². The highest BCUT2D eigenvalue weighted by Crippen LogP contribution is 2.38. The number of aryl methyl sites for hydroxylation is 1. The summed E-state index contributed by atoms with van der Waals surface area (Å²) in [6.07, 6.45) is -3.08. The number of rotatable bonds is 13. The Balaban J connectivity index is 2.12. The highest BCUT2D eigenvalue weighted by atomic mass is 35.5. The molecule has 3 aromatic carbocycles. The van der Waals surface area contributed by atoms with Gasteiger partial charge < -0.3 is 10.2 Å². The molecule has 0 saturated heterocycles. The van der Waals surface area contributed by atoms with Crippen LogP contribution in [0.4, 0.5) is 18.9 Å². The van der Waals surface area contributed by atoms with Crippen molar-refractivity contribution in [1.29, 1.82) is 0 Å². The van der Waals surface area contributed by atoms with Crippen LogP contribution in [0.2, 0.25) is 5.02 Å². The maximum atomic E-state index is 14.1. The maximum absolute atomic E-state index is 14.1. The lowest BCUT2D eigenvalue weighted by Gasteiger charge is -2.33. The number of carbonyl (C=O) groups is 2. The summed E-state index contributed by atoms with van der Waals surface area (Å²) in [5, 5.41) is 2.22. The lowest BCUT2D eigenvalue weighted by Crippen LogP contribution is -2.52. The number of anilines is 1. The molecule has 2 amide bonds. The molecule has 3 aromatic rings. The Morgan fingerprint density at radius 3 is 2.23 bits per heavy atom. The van der Waals surface area contributed by atoms with Gasteiger partial charge in [-0.2, -0.15) is 13.2 Å². The third kappa shape index (κ3) is 8.51. The summed E-state index contributed by atoms with van der Waals surface area (Å²) in [4.78, 5) is 28.4. The van der Waals surface area contributed by atoms with E-state index in [1.54, 1.807) is 25.1 Å². The zero-order chi connectivity index (χ0) is 31.8. The summed E-state index contributed by atoms with van der Waals surface area (Å²) in [5.41, 5.74) is -0.0575. The zero-order valence-corrected chi connectivity index (χ0v) is 25.8. The predicted molar refractivity (Wildman–Crippen MR) is 161 cm³/mol. The highest BCUT2D eigenvalue weighted by molar-refractivity contribution is 7.92. The van der Waals surface area contributed by atoms with Gasteiger partial charge >= 0.3 is 6.18 Å². The molecule has 1 N–H and O–H groups in total. The molecular weight excluding hydrogens is 603 g/mol. The third-order valence-corrected chi connectivity index (χ3v) is 9.09. The fraction of sp³-hybridized carbons (Fsp3) is 0.355. The van der Waals surface area contributed by atoms with Crippen LogP contribution in [-0.4, -0.2) is 44.3 Å². The Hall–Kier alpha value is -3.57. The SMILES string of the molecule is CCCCNC(=O)[C@@H](CC)N(Cc1ccccc1C)C(=O)CN(c1ccc(Cl)c(C(F)(F)F)c1)S(=O)(=O)c1ccccc1. The molecule has 0 aliphatic rings. The molecule has 0 heterocycles. The Bertz CT molecular complexity index is 1520. The first-order chi connectivity index (χ1) is 20.3. The molecule has 0 radical (unpaired) electrons. The number of amides is 2. The molecule has 7 nitrogen and oxygen atoms in total. The minimum absolute atomic E-state index is 0.0150. The van der Waals surface area contributed by atoms with Crippen molar-refractivity contribution in [2.45, 2.75) is 63.7 Å². The van der Waals surface area contributed by atoms with E-state index in [4.69, 9.17) is 11.6 Å². The predicted octanol–water partition coefficient (Wildman–Crippen LogP) is 6.59. The second-order valence-corrected chi connectivity index (χ2v) is 12.3. The molecule has 3 rings (SSSR count). The molecule has 0 fully saturated rings. The van der Waals surface area contributed by atoms with E-state index in [0.717, 1.165) is 36.1 Å². The molecule has 43 heavy (non-hydrogen) atoms. The number of carbonyl (C=O) groups excluding carboxylic acids is 2. The summed E-state index contributed by atoms with van der Waals surface area (Å²) in [6.45, 7) is 5.08. The normalized spacial score (nSPS) is 12.4. The Kier molecular flexibility index (Phi) is 11.6. The van der Waals surface area contributed by atoms with Gasteiger partial charge in [0, 0.05) is 13.1 Å². The highest BCUT2D eigenvalue weighted by Gasteiger charge is 2.37. The van der Waals surface area contributed by atoms with Crippen molar-refractivity contribution in [3.8, 4) is 0 Å². The number of sulfonamides is 1. The number of nitrogens with zero attached hydrogens (tertiary/aromatic N) is 2. The Morgan fingerprint density at radius 1 is 0.977 bits per heavy atom. The molecule has 12 heteroatoms. The van der Waals surface area contributed by atoms with E-state index in [0.29, 0.717) is 16.9 Å². The molecule has 1 atom stereocenters. The fourth-order valence-corrected chi connectivity index (χ4v) is 6.18. The molecule has 0 aliphatic carbocycles. The Morgan fingerprint density at radius 2 is 1.63 bits per heavy atom. The third-order valence-electron chi connectivity index (χ3n) is 6.97. The van der Waals surface area contributed by atoms with Gasteiger partial charge in [-0.25, -0.2) is 8.42 Å². The number of nitrogens with one attached hydrogen (secondary N) is 1. The lowest BCUT2D eigenvalue weighted by atomic mass is 10.1. The molecule has 0 bridgehead atoms. The van der Waals surface area contributed by atoms with Crippen molar-refractivity contribution in [3.05, 3.63) is 94.5 Å². The van der Waals surface area contributed by atoms with E-state index in [1.807, 2.05) is 26.0 Å². The van der Waals surface area contributed by atoms with E-state index in [9.17, 15) is 31.2 Å². The number of unbranched alkanes of at least 4 members (excludes halogenated alkanes) is 1. The van der Waals surface area contributed by atoms with Gasteiger partial charge in [0.15, 0.2) is 0 Å². The van der Waals surface area contributed by atoms with Crippen molar-refractivity contribution in [3.63, 3.8) is 0 Å². The van der Waals surface area contributed by atoms with E-state index in [2.05, 4.69) is 5.32 Å². The van der Waals surface area contributed by atoms with Crippen molar-refractivity contribution >= 4 is 39.1 Å². The quantitative estimate of drug-likeness (QED) is 0.214. The first-order valence-electron chi connectivity index (χ1n) is 13.9. The van der Waals surface area contributed by atoms with E-state index in [1.165, 1.54) is 29.2 Å². The second kappa shape index (κ2) is 14.7. The summed E-state index contributed by atoms with van der Waals surface area (Å²) >= 11 is 5.82. The van der Waals surface area contributed by atoms with Gasteiger partial charge in [0.25, 0.3) is 10.0 Å². The fourth-order valence-electron chi connectivity index (χ4n) is 4.53. The monoisotopic (exact) mass is 637 g/mol. The van der Waals surface area contributed by atoms with Crippen LogP contribution in [0.5, 0.6) is 0 Å². The smallest absolute Gasteiger partial charge is 0.354 e. The largest absolute Gasteiger partial charge is 0.417 e. The average molecular weight is 638 g/mol. The van der Waals surface area contributed by atoms with Gasteiger partial charge in [0.2, 0.25) is 11.8 Å². The summed E-state index contributed by atoms with van der Waals surface area (Å²) < 4.78 is 69.7.